The maximum atomic E-state index is 9.97. The lowest BCUT2D eigenvalue weighted by Gasteiger charge is -2.23. The molecule has 4 nitrogen and oxygen atoms in total. The average molecular weight is 210 g/mol. The Kier molecular flexibility index (Phi) is 3.38. The monoisotopic (exact) mass is 210 g/mol. The topological polar surface area (TPSA) is 47.3 Å². The van der Waals surface area contributed by atoms with Crippen LogP contribution in [-0.4, -0.2) is 27.9 Å². The molecule has 1 aromatic heterocycles. The van der Waals surface area contributed by atoms with Gasteiger partial charge in [-0.25, -0.2) is 4.98 Å². The number of aliphatic hydroxyl groups excluding tert-OH is 1. The van der Waals surface area contributed by atoms with Crippen molar-refractivity contribution in [3.05, 3.63) is 18.2 Å². The molecule has 0 saturated carbocycles. The fraction of sp³-hybridized carbons (Fsp3) is 0.727. The fourth-order valence-electron chi connectivity index (χ4n) is 2.02. The van der Waals surface area contributed by atoms with E-state index in [1.807, 2.05) is 17.8 Å². The number of ether oxygens (including phenoxy) is 1. The van der Waals surface area contributed by atoms with E-state index in [9.17, 15) is 5.11 Å². The third-order valence-electron chi connectivity index (χ3n) is 2.96. The normalized spacial score (nSPS) is 20.4. The molecule has 84 valence electrons. The predicted molar refractivity (Wildman–Crippen MR) is 56.3 cm³/mol. The van der Waals surface area contributed by atoms with Crippen LogP contribution in [0.2, 0.25) is 0 Å². The first kappa shape index (κ1) is 10.6. The Morgan fingerprint density at radius 1 is 1.60 bits per heavy atom. The van der Waals surface area contributed by atoms with Gasteiger partial charge in [0.1, 0.15) is 0 Å². The molecule has 4 heteroatoms. The summed E-state index contributed by atoms with van der Waals surface area (Å²) >= 11 is 0. The summed E-state index contributed by atoms with van der Waals surface area (Å²) in [6.07, 6.45) is 6.11. The van der Waals surface area contributed by atoms with Crippen molar-refractivity contribution in [3.8, 4) is 0 Å². The van der Waals surface area contributed by atoms with E-state index in [4.69, 9.17) is 4.74 Å². The number of imidazole rings is 1. The van der Waals surface area contributed by atoms with Crippen LogP contribution in [0.5, 0.6) is 0 Å². The summed E-state index contributed by atoms with van der Waals surface area (Å²) in [6.45, 7) is 1.67. The summed E-state index contributed by atoms with van der Waals surface area (Å²) in [7, 11) is 1.91. The molecule has 1 unspecified atom stereocenters. The molecular formula is C11H18N2O2. The van der Waals surface area contributed by atoms with Gasteiger partial charge in [-0.15, -0.1) is 0 Å². The Balaban J connectivity index is 1.88. The number of hydrogen-bond donors (Lipinski definition) is 1. The van der Waals surface area contributed by atoms with Crippen molar-refractivity contribution in [2.75, 3.05) is 13.2 Å². The van der Waals surface area contributed by atoms with Crippen molar-refractivity contribution in [3.63, 3.8) is 0 Å². The lowest BCUT2D eigenvalue weighted by atomic mass is 9.93. The first-order valence-electron chi connectivity index (χ1n) is 5.49. The molecule has 1 fully saturated rings. The maximum Gasteiger partial charge on any atom is 0.0978 e. The molecule has 1 aliphatic heterocycles. The highest BCUT2D eigenvalue weighted by Gasteiger charge is 2.19. The number of nitrogens with zero attached hydrogens (tertiary/aromatic N) is 2. The van der Waals surface area contributed by atoms with Crippen molar-refractivity contribution in [2.24, 2.45) is 13.0 Å². The number of aryl methyl sites for hydroxylation is 1. The van der Waals surface area contributed by atoms with Gasteiger partial charge in [-0.3, -0.25) is 0 Å². The molecule has 0 radical (unpaired) electrons. The highest BCUT2D eigenvalue weighted by Crippen LogP contribution is 2.26. The molecule has 1 aromatic rings. The van der Waals surface area contributed by atoms with Gasteiger partial charge in [0, 0.05) is 26.5 Å². The van der Waals surface area contributed by atoms with E-state index in [0.717, 1.165) is 38.2 Å². The fourth-order valence-corrected chi connectivity index (χ4v) is 2.02. The van der Waals surface area contributed by atoms with Crippen LogP contribution in [0.15, 0.2) is 12.5 Å². The van der Waals surface area contributed by atoms with Gasteiger partial charge < -0.3 is 14.4 Å². The molecule has 0 aromatic carbocycles. The molecule has 1 aliphatic rings. The molecule has 0 aliphatic carbocycles. The third kappa shape index (κ3) is 2.79. The molecule has 0 bridgehead atoms. The van der Waals surface area contributed by atoms with Gasteiger partial charge in [-0.2, -0.15) is 0 Å². The van der Waals surface area contributed by atoms with E-state index >= 15 is 0 Å². The minimum atomic E-state index is -0.422. The molecule has 2 heterocycles. The smallest absolute Gasteiger partial charge is 0.0978 e. The predicted octanol–water partition coefficient (Wildman–Crippen LogP) is 1.27. The summed E-state index contributed by atoms with van der Waals surface area (Å²) < 4.78 is 7.15. The molecule has 2 rings (SSSR count). The zero-order valence-corrected chi connectivity index (χ0v) is 9.09. The summed E-state index contributed by atoms with van der Waals surface area (Å²) in [4.78, 5) is 4.16. The van der Waals surface area contributed by atoms with Crippen LogP contribution in [0, 0.1) is 5.92 Å². The van der Waals surface area contributed by atoms with Crippen molar-refractivity contribution in [1.82, 2.24) is 9.55 Å². The number of aromatic nitrogens is 2. The van der Waals surface area contributed by atoms with E-state index in [0.29, 0.717) is 5.92 Å². The molecule has 0 spiro atoms. The lowest BCUT2D eigenvalue weighted by Crippen LogP contribution is -2.18. The number of aliphatic hydroxyl groups is 1. The van der Waals surface area contributed by atoms with Gasteiger partial charge in [0.2, 0.25) is 0 Å². The van der Waals surface area contributed by atoms with Gasteiger partial charge >= 0.3 is 0 Å². The van der Waals surface area contributed by atoms with Gasteiger partial charge in [0.15, 0.2) is 0 Å². The van der Waals surface area contributed by atoms with Crippen LogP contribution in [0.3, 0.4) is 0 Å². The number of hydrogen-bond acceptors (Lipinski definition) is 3. The minimum absolute atomic E-state index is 0.422. The summed E-state index contributed by atoms with van der Waals surface area (Å²) in [5, 5.41) is 9.97. The quantitative estimate of drug-likeness (QED) is 0.817. The Morgan fingerprint density at radius 2 is 2.33 bits per heavy atom. The van der Waals surface area contributed by atoms with Crippen LogP contribution in [-0.2, 0) is 11.8 Å². The van der Waals surface area contributed by atoms with E-state index in [-0.39, 0.29) is 0 Å². The first-order chi connectivity index (χ1) is 7.25. The Labute approximate surface area is 89.9 Å². The molecular weight excluding hydrogens is 192 g/mol. The van der Waals surface area contributed by atoms with Gasteiger partial charge in [-0.05, 0) is 25.2 Å². The van der Waals surface area contributed by atoms with E-state index in [1.54, 1.807) is 6.33 Å². The highest BCUT2D eigenvalue weighted by molar-refractivity contribution is 5.00. The van der Waals surface area contributed by atoms with Gasteiger partial charge in [0.05, 0.1) is 18.1 Å². The Morgan fingerprint density at radius 3 is 2.93 bits per heavy atom. The van der Waals surface area contributed by atoms with E-state index in [1.165, 1.54) is 0 Å². The standard InChI is InChI=1S/C11H18N2O2/c1-13-7-10(12-8-13)11(14)6-9-2-4-15-5-3-9/h7-9,11,14H,2-6H2,1H3. The van der Waals surface area contributed by atoms with Gasteiger partial charge in [0.25, 0.3) is 0 Å². The Bertz CT molecular complexity index is 305. The minimum Gasteiger partial charge on any atom is -0.387 e. The third-order valence-corrected chi connectivity index (χ3v) is 2.96. The molecule has 1 saturated heterocycles. The zero-order valence-electron chi connectivity index (χ0n) is 9.09. The van der Waals surface area contributed by atoms with Crippen LogP contribution in [0.4, 0.5) is 0 Å². The SMILES string of the molecule is Cn1cnc(C(O)CC2CCOCC2)c1. The summed E-state index contributed by atoms with van der Waals surface area (Å²) in [6, 6.07) is 0. The highest BCUT2D eigenvalue weighted by atomic mass is 16.5. The Hall–Kier alpha value is -0.870. The summed E-state index contributed by atoms with van der Waals surface area (Å²) in [5.74, 6) is 0.579. The largest absolute Gasteiger partial charge is 0.387 e. The second-order valence-corrected chi connectivity index (χ2v) is 4.27. The maximum absolute atomic E-state index is 9.97. The van der Waals surface area contributed by atoms with E-state index in [2.05, 4.69) is 4.98 Å². The zero-order chi connectivity index (χ0) is 10.7. The van der Waals surface area contributed by atoms with E-state index < -0.39 is 6.10 Å². The van der Waals surface area contributed by atoms with Crippen molar-refractivity contribution in [2.45, 2.75) is 25.4 Å². The van der Waals surface area contributed by atoms with Crippen LogP contribution < -0.4 is 0 Å². The van der Waals surface area contributed by atoms with Crippen molar-refractivity contribution in [1.29, 1.82) is 0 Å². The average Bonchev–Trinajstić information content (AvgIpc) is 2.66. The second kappa shape index (κ2) is 4.77. The molecule has 0 amide bonds. The van der Waals surface area contributed by atoms with Crippen molar-refractivity contribution >= 4 is 0 Å². The van der Waals surface area contributed by atoms with Gasteiger partial charge in [-0.1, -0.05) is 0 Å². The second-order valence-electron chi connectivity index (χ2n) is 4.27. The van der Waals surface area contributed by atoms with Crippen LogP contribution in [0.25, 0.3) is 0 Å². The van der Waals surface area contributed by atoms with Crippen molar-refractivity contribution < 1.29 is 9.84 Å². The lowest BCUT2D eigenvalue weighted by molar-refractivity contribution is 0.0427. The summed E-state index contributed by atoms with van der Waals surface area (Å²) in [5.41, 5.74) is 0.781. The molecule has 1 atom stereocenters. The number of rotatable bonds is 3. The first-order valence-corrected chi connectivity index (χ1v) is 5.49. The molecule has 1 N–H and O–H groups in total. The van der Waals surface area contributed by atoms with Crippen LogP contribution >= 0.6 is 0 Å². The van der Waals surface area contributed by atoms with Crippen LogP contribution in [0.1, 0.15) is 31.1 Å². The molecule has 15 heavy (non-hydrogen) atoms.